The number of nitrogens with zero attached hydrogens (tertiary/aromatic N) is 1. The molecular formula is C19H19FN2O2. The van der Waals surface area contributed by atoms with E-state index < -0.39 is 17.5 Å². The van der Waals surface area contributed by atoms with Gasteiger partial charge in [0.2, 0.25) is 0 Å². The first-order chi connectivity index (χ1) is 11.3. The fourth-order valence-corrected chi connectivity index (χ4v) is 2.13. The highest BCUT2D eigenvalue weighted by Crippen LogP contribution is 2.23. The van der Waals surface area contributed by atoms with E-state index in [1.165, 1.54) is 12.1 Å². The van der Waals surface area contributed by atoms with Gasteiger partial charge in [0.15, 0.2) is 0 Å². The van der Waals surface area contributed by atoms with E-state index in [2.05, 4.69) is 5.32 Å². The number of rotatable bonds is 3. The Morgan fingerprint density at radius 1 is 1.21 bits per heavy atom. The van der Waals surface area contributed by atoms with E-state index in [1.807, 2.05) is 24.3 Å². The first-order valence-electron chi connectivity index (χ1n) is 7.54. The van der Waals surface area contributed by atoms with Gasteiger partial charge >= 0.3 is 6.09 Å². The SMILES string of the molecule is CC(C)(C)OC(=O)NCc1cccc(-c2ccc(C#N)c(F)c2)c1. The molecule has 124 valence electrons. The van der Waals surface area contributed by atoms with Gasteiger partial charge in [-0.05, 0) is 55.7 Å². The molecule has 1 amide bonds. The van der Waals surface area contributed by atoms with Crippen LogP contribution in [0.3, 0.4) is 0 Å². The second-order valence-corrected chi connectivity index (χ2v) is 6.36. The Balaban J connectivity index is 2.11. The van der Waals surface area contributed by atoms with E-state index in [4.69, 9.17) is 10.00 Å². The van der Waals surface area contributed by atoms with Gasteiger partial charge in [0.25, 0.3) is 0 Å². The van der Waals surface area contributed by atoms with Crippen molar-refractivity contribution in [2.24, 2.45) is 0 Å². The number of halogens is 1. The van der Waals surface area contributed by atoms with Crippen LogP contribution in [-0.2, 0) is 11.3 Å². The predicted octanol–water partition coefficient (Wildman–Crippen LogP) is 4.39. The van der Waals surface area contributed by atoms with Gasteiger partial charge < -0.3 is 10.1 Å². The number of ether oxygens (including phenoxy) is 1. The van der Waals surface area contributed by atoms with Crippen LogP contribution in [0, 0.1) is 17.1 Å². The summed E-state index contributed by atoms with van der Waals surface area (Å²) in [6.07, 6.45) is -0.489. The third-order valence-electron chi connectivity index (χ3n) is 3.19. The summed E-state index contributed by atoms with van der Waals surface area (Å²) >= 11 is 0. The van der Waals surface area contributed by atoms with E-state index in [0.29, 0.717) is 12.1 Å². The Morgan fingerprint density at radius 2 is 1.92 bits per heavy atom. The average Bonchev–Trinajstić information content (AvgIpc) is 2.51. The zero-order valence-corrected chi connectivity index (χ0v) is 13.9. The zero-order valence-electron chi connectivity index (χ0n) is 13.9. The smallest absolute Gasteiger partial charge is 0.407 e. The Hall–Kier alpha value is -2.87. The molecule has 0 radical (unpaired) electrons. The summed E-state index contributed by atoms with van der Waals surface area (Å²) in [7, 11) is 0. The normalized spacial score (nSPS) is 10.8. The fourth-order valence-electron chi connectivity index (χ4n) is 2.13. The monoisotopic (exact) mass is 326 g/mol. The van der Waals surface area contributed by atoms with Crippen LogP contribution in [-0.4, -0.2) is 11.7 Å². The predicted molar refractivity (Wildman–Crippen MR) is 89.6 cm³/mol. The number of carbonyl (C=O) groups is 1. The minimum atomic E-state index is -0.550. The second-order valence-electron chi connectivity index (χ2n) is 6.36. The van der Waals surface area contributed by atoms with Crippen LogP contribution >= 0.6 is 0 Å². The van der Waals surface area contributed by atoms with Crippen molar-refractivity contribution in [1.82, 2.24) is 5.32 Å². The molecule has 0 atom stereocenters. The van der Waals surface area contributed by atoms with Gasteiger partial charge in [-0.15, -0.1) is 0 Å². The molecule has 0 aromatic heterocycles. The maximum atomic E-state index is 13.8. The molecule has 4 nitrogen and oxygen atoms in total. The van der Waals surface area contributed by atoms with Crippen LogP contribution in [0.2, 0.25) is 0 Å². The summed E-state index contributed by atoms with van der Waals surface area (Å²) in [5.74, 6) is -0.549. The van der Waals surface area contributed by atoms with Crippen molar-refractivity contribution < 1.29 is 13.9 Å². The standard InChI is InChI=1S/C19H19FN2O2/c1-19(2,3)24-18(23)22-12-13-5-4-6-14(9-13)15-7-8-16(11-21)17(20)10-15/h4-10H,12H2,1-3H3,(H,22,23). The van der Waals surface area contributed by atoms with E-state index >= 15 is 0 Å². The van der Waals surface area contributed by atoms with E-state index in [0.717, 1.165) is 11.1 Å². The Labute approximate surface area is 140 Å². The van der Waals surface area contributed by atoms with Crippen LogP contribution in [0.15, 0.2) is 42.5 Å². The molecule has 5 heteroatoms. The molecule has 0 unspecified atom stereocenters. The molecule has 2 rings (SSSR count). The summed E-state index contributed by atoms with van der Waals surface area (Å²) in [6.45, 7) is 5.70. The molecule has 0 spiro atoms. The maximum Gasteiger partial charge on any atom is 0.407 e. The quantitative estimate of drug-likeness (QED) is 0.910. The van der Waals surface area contributed by atoms with Gasteiger partial charge in [-0.3, -0.25) is 0 Å². The molecule has 0 fully saturated rings. The lowest BCUT2D eigenvalue weighted by Gasteiger charge is -2.19. The molecule has 0 saturated carbocycles. The van der Waals surface area contributed by atoms with Crippen molar-refractivity contribution in [2.75, 3.05) is 0 Å². The lowest BCUT2D eigenvalue weighted by atomic mass is 10.0. The van der Waals surface area contributed by atoms with Crippen molar-refractivity contribution in [3.05, 3.63) is 59.4 Å². The molecular weight excluding hydrogens is 307 g/mol. The first-order valence-corrected chi connectivity index (χ1v) is 7.54. The lowest BCUT2D eigenvalue weighted by molar-refractivity contribution is 0.0523. The first kappa shape index (κ1) is 17.5. The maximum absolute atomic E-state index is 13.8. The van der Waals surface area contributed by atoms with Crippen LogP contribution < -0.4 is 5.32 Å². The van der Waals surface area contributed by atoms with Crippen molar-refractivity contribution in [2.45, 2.75) is 32.9 Å². The minimum Gasteiger partial charge on any atom is -0.444 e. The largest absolute Gasteiger partial charge is 0.444 e. The lowest BCUT2D eigenvalue weighted by Crippen LogP contribution is -2.32. The fraction of sp³-hybridized carbons (Fsp3) is 0.263. The van der Waals surface area contributed by atoms with Crippen LogP contribution in [0.1, 0.15) is 31.9 Å². The van der Waals surface area contributed by atoms with Crippen LogP contribution in [0.25, 0.3) is 11.1 Å². The molecule has 2 aromatic rings. The van der Waals surface area contributed by atoms with Gasteiger partial charge in [0.05, 0.1) is 5.56 Å². The van der Waals surface area contributed by atoms with Gasteiger partial charge in [-0.1, -0.05) is 24.3 Å². The molecule has 0 aliphatic heterocycles. The molecule has 0 heterocycles. The Bertz CT molecular complexity index is 789. The van der Waals surface area contributed by atoms with Crippen molar-refractivity contribution in [3.8, 4) is 17.2 Å². The number of nitriles is 1. The van der Waals surface area contributed by atoms with Gasteiger partial charge in [-0.2, -0.15) is 5.26 Å². The topological polar surface area (TPSA) is 62.1 Å². The molecule has 1 N–H and O–H groups in total. The molecule has 0 aliphatic rings. The summed E-state index contributed by atoms with van der Waals surface area (Å²) in [6, 6.07) is 13.7. The van der Waals surface area contributed by atoms with Gasteiger partial charge in [-0.25, -0.2) is 9.18 Å². The number of hydrogen-bond acceptors (Lipinski definition) is 3. The summed E-state index contributed by atoms with van der Waals surface area (Å²) in [4.78, 5) is 11.7. The molecule has 0 saturated heterocycles. The van der Waals surface area contributed by atoms with Crippen molar-refractivity contribution >= 4 is 6.09 Å². The second kappa shape index (κ2) is 7.14. The summed E-state index contributed by atoms with van der Waals surface area (Å²) < 4.78 is 18.9. The van der Waals surface area contributed by atoms with Crippen LogP contribution in [0.4, 0.5) is 9.18 Å². The number of alkyl carbamates (subject to hydrolysis) is 1. The number of nitrogens with one attached hydrogen (secondary N) is 1. The Morgan fingerprint density at radius 3 is 2.54 bits per heavy atom. The van der Waals surface area contributed by atoms with Gasteiger partial charge in [0, 0.05) is 6.54 Å². The summed E-state index contributed by atoms with van der Waals surface area (Å²) in [5.41, 5.74) is 1.81. The van der Waals surface area contributed by atoms with Crippen molar-refractivity contribution in [1.29, 1.82) is 5.26 Å². The molecule has 0 bridgehead atoms. The molecule has 24 heavy (non-hydrogen) atoms. The van der Waals surface area contributed by atoms with Gasteiger partial charge in [0.1, 0.15) is 17.5 Å². The highest BCUT2D eigenvalue weighted by atomic mass is 19.1. The summed E-state index contributed by atoms with van der Waals surface area (Å²) in [5, 5.41) is 11.5. The number of carbonyl (C=O) groups excluding carboxylic acids is 1. The highest BCUT2D eigenvalue weighted by molar-refractivity contribution is 5.68. The van der Waals surface area contributed by atoms with E-state index in [-0.39, 0.29) is 5.56 Å². The van der Waals surface area contributed by atoms with Crippen molar-refractivity contribution in [3.63, 3.8) is 0 Å². The number of amides is 1. The molecule has 2 aromatic carbocycles. The average molecular weight is 326 g/mol. The Kier molecular flexibility index (Phi) is 5.20. The highest BCUT2D eigenvalue weighted by Gasteiger charge is 2.15. The van der Waals surface area contributed by atoms with Crippen LogP contribution in [0.5, 0.6) is 0 Å². The van der Waals surface area contributed by atoms with E-state index in [9.17, 15) is 9.18 Å². The molecule has 0 aliphatic carbocycles. The third kappa shape index (κ3) is 4.82. The van der Waals surface area contributed by atoms with E-state index in [1.54, 1.807) is 32.9 Å². The zero-order chi connectivity index (χ0) is 17.7. The number of hydrogen-bond donors (Lipinski definition) is 1. The number of benzene rings is 2. The third-order valence-corrected chi connectivity index (χ3v) is 3.19. The minimum absolute atomic E-state index is 0.0153.